The molecule has 0 radical (unpaired) electrons. The number of rotatable bonds is 9. The van der Waals surface area contributed by atoms with E-state index in [1.54, 1.807) is 0 Å². The Balaban J connectivity index is 0.908. The first-order valence-electron chi connectivity index (χ1n) is 20.8. The third-order valence-electron chi connectivity index (χ3n) is 12.7. The van der Waals surface area contributed by atoms with E-state index in [0.717, 1.165) is 121 Å². The van der Waals surface area contributed by atoms with Gasteiger partial charge >= 0.3 is 0 Å². The molecule has 2 amide bonds. The molecule has 2 N–H and O–H groups in total. The van der Waals surface area contributed by atoms with Gasteiger partial charge in [-0.15, -0.1) is 0 Å². The van der Waals surface area contributed by atoms with Crippen molar-refractivity contribution in [3.63, 3.8) is 0 Å². The maximum atomic E-state index is 13.9. The number of aromatic nitrogens is 4. The second-order valence-corrected chi connectivity index (χ2v) is 16.2. The molecule has 6 aromatic rings. The van der Waals surface area contributed by atoms with E-state index in [-0.39, 0.29) is 36.0 Å². The van der Waals surface area contributed by atoms with Gasteiger partial charge in [0.15, 0.2) is 0 Å². The molecule has 0 aliphatic carbocycles. The molecule has 2 aromatic heterocycles. The fourth-order valence-corrected chi connectivity index (χ4v) is 9.59. The Morgan fingerprint density at radius 3 is 1.40 bits per heavy atom. The zero-order chi connectivity index (χ0) is 39.0. The van der Waals surface area contributed by atoms with E-state index in [2.05, 4.69) is 56.2 Å². The van der Waals surface area contributed by atoms with Crippen molar-refractivity contribution < 1.29 is 19.1 Å². The van der Waals surface area contributed by atoms with Crippen LogP contribution in [0.4, 0.5) is 0 Å². The number of ether oxygens (including phenoxy) is 2. The maximum absolute atomic E-state index is 13.9. The molecule has 10 rings (SSSR count). The normalized spacial score (nSPS) is 23.3. The number of nitrogens with one attached hydrogen (secondary N) is 2. The van der Waals surface area contributed by atoms with Gasteiger partial charge in [-0.2, -0.15) is 0 Å². The molecule has 4 aliphatic rings. The number of carbonyl (C=O) groups is 2. The lowest BCUT2D eigenvalue weighted by atomic mass is 10.0. The van der Waals surface area contributed by atoms with Crippen molar-refractivity contribution in [2.75, 3.05) is 65.7 Å². The van der Waals surface area contributed by atoms with Gasteiger partial charge in [0, 0.05) is 51.4 Å². The zero-order valence-corrected chi connectivity index (χ0v) is 32.8. The minimum Gasteiger partial charge on any atom is -0.379 e. The number of aromatic amines is 2. The van der Waals surface area contributed by atoms with Crippen LogP contribution in [0.2, 0.25) is 0 Å². The number of nitrogens with zero attached hydrogens (tertiary/aromatic N) is 6. The van der Waals surface area contributed by atoms with Crippen LogP contribution < -0.4 is 0 Å². The summed E-state index contributed by atoms with van der Waals surface area (Å²) in [4.78, 5) is 54.3. The number of fused-ring (bicyclic) bond motifs is 2. The van der Waals surface area contributed by atoms with Gasteiger partial charge in [-0.1, -0.05) is 72.8 Å². The van der Waals surface area contributed by atoms with Crippen LogP contribution in [0.1, 0.15) is 47.7 Å². The molecule has 0 bridgehead atoms. The van der Waals surface area contributed by atoms with Crippen LogP contribution in [-0.2, 0) is 31.9 Å². The Kier molecular flexibility index (Phi) is 10.2. The van der Waals surface area contributed by atoms with Crippen LogP contribution in [-0.4, -0.2) is 129 Å². The molecule has 4 fully saturated rings. The molecule has 0 unspecified atom stereocenters. The number of carbonyl (C=O) groups excluding carboxylic acids is 2. The largest absolute Gasteiger partial charge is 0.379 e. The molecule has 12 heteroatoms. The van der Waals surface area contributed by atoms with Crippen molar-refractivity contribution in [2.45, 2.75) is 49.9 Å². The summed E-state index contributed by atoms with van der Waals surface area (Å²) in [6.07, 6.45) is 2.39. The summed E-state index contributed by atoms with van der Waals surface area (Å²) in [5, 5.41) is 0. The molecule has 0 spiro atoms. The van der Waals surface area contributed by atoms with Crippen molar-refractivity contribution in [2.24, 2.45) is 0 Å². The molecule has 58 heavy (non-hydrogen) atoms. The van der Waals surface area contributed by atoms with Crippen molar-refractivity contribution in [3.05, 3.63) is 120 Å². The van der Waals surface area contributed by atoms with Crippen molar-refractivity contribution >= 4 is 33.9 Å². The van der Waals surface area contributed by atoms with Gasteiger partial charge in [0.1, 0.15) is 11.6 Å². The summed E-state index contributed by atoms with van der Waals surface area (Å²) < 4.78 is 11.3. The number of benzene rings is 4. The summed E-state index contributed by atoms with van der Waals surface area (Å²) in [5.74, 6) is 1.91. The Morgan fingerprint density at radius 1 is 0.569 bits per heavy atom. The Hall–Kier alpha value is -5.40. The molecule has 6 heterocycles. The van der Waals surface area contributed by atoms with Gasteiger partial charge in [-0.3, -0.25) is 19.4 Å². The van der Waals surface area contributed by atoms with Crippen molar-refractivity contribution in [3.8, 4) is 11.1 Å². The number of imidazole rings is 2. The van der Waals surface area contributed by atoms with Crippen LogP contribution >= 0.6 is 0 Å². The third-order valence-corrected chi connectivity index (χ3v) is 12.7. The van der Waals surface area contributed by atoms with E-state index in [1.165, 1.54) is 0 Å². The Morgan fingerprint density at radius 2 is 0.983 bits per heavy atom. The average Bonchev–Trinajstić information content (AvgIpc) is 4.09. The summed E-state index contributed by atoms with van der Waals surface area (Å²) in [6, 6.07) is 32.9. The summed E-state index contributed by atoms with van der Waals surface area (Å²) in [6.45, 7) is 7.77. The van der Waals surface area contributed by atoms with E-state index in [9.17, 15) is 9.59 Å². The first-order chi connectivity index (χ1) is 28.5. The van der Waals surface area contributed by atoms with Crippen LogP contribution in [0, 0.1) is 0 Å². The van der Waals surface area contributed by atoms with Crippen molar-refractivity contribution in [1.29, 1.82) is 0 Å². The van der Waals surface area contributed by atoms with Gasteiger partial charge in [0.05, 0.1) is 73.4 Å². The summed E-state index contributed by atoms with van der Waals surface area (Å²) in [7, 11) is 0. The van der Waals surface area contributed by atoms with Crippen LogP contribution in [0.3, 0.4) is 0 Å². The molecule has 4 saturated heterocycles. The van der Waals surface area contributed by atoms with E-state index in [1.807, 2.05) is 70.5 Å². The highest BCUT2D eigenvalue weighted by Gasteiger charge is 2.42. The smallest absolute Gasteiger partial charge is 0.227 e. The standard InChI is InChI=1S/C46H50N8O4/c55-43(23-31-7-3-1-4-8-31)53-29-35(51-15-19-57-20-16-51)27-41(53)45-47-37-13-11-33(25-39(37)49-45)34-12-14-38-40(26-34)50-46(48-38)42-28-36(52-17-21-58-22-18-52)30-54(42)44(56)24-32-9-5-2-6-10-32/h1-14,25-26,35-36,41-42H,15-24,27-30H2,(H,47,49)(H,48,50)/t35-,36-,41-,42-/m0/s1. The lowest BCUT2D eigenvalue weighted by Crippen LogP contribution is -2.45. The maximum Gasteiger partial charge on any atom is 0.227 e. The highest BCUT2D eigenvalue weighted by Crippen LogP contribution is 2.38. The van der Waals surface area contributed by atoms with Crippen LogP contribution in [0.15, 0.2) is 97.1 Å². The van der Waals surface area contributed by atoms with Crippen molar-refractivity contribution in [1.82, 2.24) is 39.5 Å². The van der Waals surface area contributed by atoms with Gasteiger partial charge in [0.2, 0.25) is 11.8 Å². The minimum absolute atomic E-state index is 0.123. The topological polar surface area (TPSA) is 123 Å². The molecule has 4 aliphatic heterocycles. The van der Waals surface area contributed by atoms with E-state index in [0.29, 0.717) is 25.9 Å². The number of H-pyrrole nitrogens is 2. The van der Waals surface area contributed by atoms with Crippen LogP contribution in [0.25, 0.3) is 33.2 Å². The van der Waals surface area contributed by atoms with Gasteiger partial charge in [0.25, 0.3) is 0 Å². The predicted octanol–water partition coefficient (Wildman–Crippen LogP) is 5.54. The number of amides is 2. The molecule has 0 saturated carbocycles. The molecule has 298 valence electrons. The molecule has 4 aromatic carbocycles. The van der Waals surface area contributed by atoms with Gasteiger partial charge in [-0.25, -0.2) is 9.97 Å². The average molecular weight is 779 g/mol. The first-order valence-corrected chi connectivity index (χ1v) is 20.8. The molecule has 12 nitrogen and oxygen atoms in total. The number of hydrogen-bond donors (Lipinski definition) is 2. The summed E-state index contributed by atoms with van der Waals surface area (Å²) in [5.41, 5.74) is 7.80. The minimum atomic E-state index is -0.141. The van der Waals surface area contributed by atoms with E-state index in [4.69, 9.17) is 19.4 Å². The lowest BCUT2D eigenvalue weighted by molar-refractivity contribution is -0.132. The number of hydrogen-bond acceptors (Lipinski definition) is 8. The fraction of sp³-hybridized carbons (Fsp3) is 0.391. The Labute approximate surface area is 338 Å². The number of morpholine rings is 2. The Bertz CT molecular complexity index is 2220. The highest BCUT2D eigenvalue weighted by molar-refractivity contribution is 5.87. The lowest BCUT2D eigenvalue weighted by Gasteiger charge is -2.31. The zero-order valence-electron chi connectivity index (χ0n) is 32.8. The SMILES string of the molecule is O=C(Cc1ccccc1)N1C[C@@H](N2CCOCC2)C[C@H]1c1nc2ccc(-c3ccc4nc([C@@H]5C[C@H](N6CCOCC6)CN5C(=O)Cc5ccccc5)[nH]c4c3)cc2[nH]1. The first kappa shape index (κ1) is 36.9. The highest BCUT2D eigenvalue weighted by atomic mass is 16.5. The second kappa shape index (κ2) is 16.1. The van der Waals surface area contributed by atoms with Crippen LogP contribution in [0.5, 0.6) is 0 Å². The quantitative estimate of drug-likeness (QED) is 0.196. The van der Waals surface area contributed by atoms with E-state index >= 15 is 0 Å². The monoisotopic (exact) mass is 778 g/mol. The molecule has 4 atom stereocenters. The molecular weight excluding hydrogens is 729 g/mol. The fourth-order valence-electron chi connectivity index (χ4n) is 9.59. The van der Waals surface area contributed by atoms with Gasteiger partial charge in [-0.05, 0) is 59.4 Å². The molecular formula is C46H50N8O4. The van der Waals surface area contributed by atoms with E-state index < -0.39 is 0 Å². The van der Waals surface area contributed by atoms with Gasteiger partial charge < -0.3 is 29.2 Å². The summed E-state index contributed by atoms with van der Waals surface area (Å²) >= 11 is 0. The third kappa shape index (κ3) is 7.53. The predicted molar refractivity (Wildman–Crippen MR) is 222 cm³/mol. The number of likely N-dealkylation sites (tertiary alicyclic amines) is 2. The second-order valence-electron chi connectivity index (χ2n) is 16.2.